The molecule has 0 aliphatic heterocycles. The van der Waals surface area contributed by atoms with E-state index in [0.29, 0.717) is 24.2 Å². The number of carboxylic acids is 1. The maximum absolute atomic E-state index is 10.5. The summed E-state index contributed by atoms with van der Waals surface area (Å²) in [7, 11) is 0. The molecule has 5 heteroatoms. The highest BCUT2D eigenvalue weighted by atomic mass is 16.5. The van der Waals surface area contributed by atoms with Crippen molar-refractivity contribution in [2.45, 2.75) is 71.9 Å². The van der Waals surface area contributed by atoms with E-state index in [9.17, 15) is 4.79 Å². The molecule has 1 fully saturated rings. The van der Waals surface area contributed by atoms with Crippen LogP contribution in [0.15, 0.2) is 0 Å². The minimum absolute atomic E-state index is 0.0880. The second kappa shape index (κ2) is 11.4. The molecule has 0 radical (unpaired) electrons. The largest absolute Gasteiger partial charge is 0.480 e. The highest BCUT2D eigenvalue weighted by molar-refractivity contribution is 5.68. The van der Waals surface area contributed by atoms with E-state index in [1.165, 1.54) is 12.8 Å². The van der Waals surface area contributed by atoms with Crippen LogP contribution in [0.3, 0.4) is 0 Å². The molecular formula is C17H32N2O3. The average molecular weight is 312 g/mol. The molecule has 0 saturated heterocycles. The van der Waals surface area contributed by atoms with E-state index in [0.717, 1.165) is 12.8 Å². The molecule has 1 aliphatic carbocycles. The smallest absolute Gasteiger partial charge is 0.329 e. The van der Waals surface area contributed by atoms with Crippen molar-refractivity contribution in [2.75, 3.05) is 6.61 Å². The van der Waals surface area contributed by atoms with E-state index < -0.39 is 5.97 Å². The lowest BCUT2D eigenvalue weighted by molar-refractivity contribution is -0.147. The van der Waals surface area contributed by atoms with Crippen LogP contribution < -0.4 is 5.73 Å². The van der Waals surface area contributed by atoms with Gasteiger partial charge in [0.1, 0.15) is 6.61 Å². The van der Waals surface area contributed by atoms with Crippen LogP contribution in [-0.2, 0) is 9.53 Å². The van der Waals surface area contributed by atoms with Crippen LogP contribution in [0.2, 0.25) is 0 Å². The molecule has 4 atom stereocenters. The fourth-order valence-electron chi connectivity index (χ4n) is 2.75. The van der Waals surface area contributed by atoms with Gasteiger partial charge in [-0.25, -0.2) is 4.79 Å². The Bertz CT molecular complexity index is 352. The number of nitrogens with zero attached hydrogens (tertiary/aromatic N) is 1. The highest BCUT2D eigenvalue weighted by Gasteiger charge is 2.31. The molecule has 0 bridgehead atoms. The van der Waals surface area contributed by atoms with Crippen LogP contribution in [0.4, 0.5) is 0 Å². The van der Waals surface area contributed by atoms with Gasteiger partial charge in [-0.05, 0) is 37.0 Å². The molecule has 0 spiro atoms. The first-order valence-corrected chi connectivity index (χ1v) is 8.27. The average Bonchev–Trinajstić information content (AvgIpc) is 2.45. The third kappa shape index (κ3) is 9.01. The van der Waals surface area contributed by atoms with E-state index >= 15 is 0 Å². The van der Waals surface area contributed by atoms with Crippen molar-refractivity contribution >= 4 is 5.97 Å². The minimum Gasteiger partial charge on any atom is -0.480 e. The fraction of sp³-hybridized carbons (Fsp3) is 0.882. The second-order valence-corrected chi connectivity index (χ2v) is 6.60. The zero-order chi connectivity index (χ0) is 17.1. The molecule has 1 saturated carbocycles. The number of ether oxygens (including phenoxy) is 1. The summed E-state index contributed by atoms with van der Waals surface area (Å²) in [6.07, 6.45) is 4.95. The Labute approximate surface area is 134 Å². The van der Waals surface area contributed by atoms with Gasteiger partial charge < -0.3 is 15.6 Å². The summed E-state index contributed by atoms with van der Waals surface area (Å²) in [5, 5.41) is 16.6. The molecule has 1 aliphatic rings. The van der Waals surface area contributed by atoms with Gasteiger partial charge in [0.25, 0.3) is 0 Å². The predicted octanol–water partition coefficient (Wildman–Crippen LogP) is 3.19. The number of aliphatic carboxylic acids is 1. The Morgan fingerprint density at radius 3 is 2.50 bits per heavy atom. The molecule has 1 rings (SSSR count). The quantitative estimate of drug-likeness (QED) is 0.785. The van der Waals surface area contributed by atoms with E-state index in [1.54, 1.807) is 0 Å². The zero-order valence-corrected chi connectivity index (χ0v) is 14.4. The minimum atomic E-state index is -0.865. The van der Waals surface area contributed by atoms with Crippen molar-refractivity contribution in [3.8, 4) is 6.07 Å². The number of carbonyl (C=O) groups is 1. The first-order valence-electron chi connectivity index (χ1n) is 8.27. The number of nitrogens with two attached hydrogens (primary N) is 1. The van der Waals surface area contributed by atoms with E-state index in [4.69, 9.17) is 20.8 Å². The fourth-order valence-corrected chi connectivity index (χ4v) is 2.75. The van der Waals surface area contributed by atoms with Gasteiger partial charge in [0.05, 0.1) is 18.6 Å². The Morgan fingerprint density at radius 1 is 1.45 bits per heavy atom. The first-order chi connectivity index (χ1) is 10.3. The maximum Gasteiger partial charge on any atom is 0.329 e. The normalized spacial score (nSPS) is 25.8. The summed E-state index contributed by atoms with van der Waals surface area (Å²) in [5.41, 5.74) is 5.36. The summed E-state index contributed by atoms with van der Waals surface area (Å²) < 4.78 is 5.49. The molecule has 0 amide bonds. The van der Waals surface area contributed by atoms with Crippen LogP contribution in [-0.4, -0.2) is 29.8 Å². The summed E-state index contributed by atoms with van der Waals surface area (Å²) in [6.45, 7) is 8.42. The third-order valence-corrected chi connectivity index (χ3v) is 4.26. The lowest BCUT2D eigenvalue weighted by Gasteiger charge is -2.36. The number of rotatable bonds is 6. The second-order valence-electron chi connectivity index (χ2n) is 6.60. The third-order valence-electron chi connectivity index (χ3n) is 4.26. The van der Waals surface area contributed by atoms with Crippen LogP contribution in [0.1, 0.15) is 59.8 Å². The molecule has 128 valence electrons. The van der Waals surface area contributed by atoms with Crippen LogP contribution in [0, 0.1) is 29.1 Å². The van der Waals surface area contributed by atoms with Gasteiger partial charge in [-0.2, -0.15) is 5.26 Å². The van der Waals surface area contributed by atoms with E-state index in [2.05, 4.69) is 20.8 Å². The van der Waals surface area contributed by atoms with Crippen LogP contribution >= 0.6 is 0 Å². The van der Waals surface area contributed by atoms with Gasteiger partial charge in [-0.1, -0.05) is 34.1 Å². The molecule has 22 heavy (non-hydrogen) atoms. The highest BCUT2D eigenvalue weighted by Crippen LogP contribution is 2.35. The molecule has 0 aromatic rings. The summed E-state index contributed by atoms with van der Waals surface area (Å²) in [4.78, 5) is 10.5. The molecule has 0 aromatic carbocycles. The summed E-state index contributed by atoms with van der Waals surface area (Å²) in [6, 6.07) is 2.08. The Hall–Kier alpha value is -1.12. The van der Waals surface area contributed by atoms with Crippen molar-refractivity contribution in [1.29, 1.82) is 5.26 Å². The number of carboxylic acid groups (broad SMARTS) is 1. The predicted molar refractivity (Wildman–Crippen MR) is 87.2 cm³/mol. The molecule has 0 heterocycles. The zero-order valence-electron chi connectivity index (χ0n) is 14.4. The molecule has 3 unspecified atom stereocenters. The van der Waals surface area contributed by atoms with Crippen molar-refractivity contribution in [2.24, 2.45) is 23.5 Å². The standard InChI is InChI=1S/C12H22O3.C5H10N2/c1-8(2)10-5-4-9(3)6-11(10)15-7-12(13)14;1-2-5(7)3-4-6/h8-11H,4-7H2,1-3H3,(H,13,14);5H,2-3,7H2,1H3/t;5-/m.0/s1. The maximum atomic E-state index is 10.5. The monoisotopic (exact) mass is 312 g/mol. The van der Waals surface area contributed by atoms with Crippen LogP contribution in [0.25, 0.3) is 0 Å². The van der Waals surface area contributed by atoms with Gasteiger partial charge in [-0.3, -0.25) is 0 Å². The number of hydrogen-bond donors (Lipinski definition) is 2. The Morgan fingerprint density at radius 2 is 2.09 bits per heavy atom. The Kier molecular flexibility index (Phi) is 10.9. The van der Waals surface area contributed by atoms with Gasteiger partial charge in [-0.15, -0.1) is 0 Å². The van der Waals surface area contributed by atoms with Gasteiger partial charge in [0.15, 0.2) is 0 Å². The van der Waals surface area contributed by atoms with Crippen molar-refractivity contribution < 1.29 is 14.6 Å². The van der Waals surface area contributed by atoms with Gasteiger partial charge in [0.2, 0.25) is 0 Å². The van der Waals surface area contributed by atoms with Crippen molar-refractivity contribution in [1.82, 2.24) is 0 Å². The van der Waals surface area contributed by atoms with Gasteiger partial charge in [0, 0.05) is 6.04 Å². The Balaban J connectivity index is 0.000000534. The van der Waals surface area contributed by atoms with Gasteiger partial charge >= 0.3 is 5.97 Å². The van der Waals surface area contributed by atoms with Crippen LogP contribution in [0.5, 0.6) is 0 Å². The lowest BCUT2D eigenvalue weighted by Crippen LogP contribution is -2.35. The summed E-state index contributed by atoms with van der Waals surface area (Å²) >= 11 is 0. The SMILES string of the molecule is CC1CCC(C(C)C)C(OCC(=O)O)C1.CC[C@H](N)CC#N. The van der Waals surface area contributed by atoms with Crippen molar-refractivity contribution in [3.05, 3.63) is 0 Å². The summed E-state index contributed by atoms with van der Waals surface area (Å²) in [5.74, 6) is 0.909. The van der Waals surface area contributed by atoms with E-state index in [-0.39, 0.29) is 18.8 Å². The van der Waals surface area contributed by atoms with Crippen molar-refractivity contribution in [3.63, 3.8) is 0 Å². The van der Waals surface area contributed by atoms with E-state index in [1.807, 2.05) is 13.0 Å². The molecule has 3 N–H and O–H groups in total. The molecule has 0 aromatic heterocycles. The first kappa shape index (κ1) is 20.9. The molecular weight excluding hydrogens is 280 g/mol. The molecule has 5 nitrogen and oxygen atoms in total. The number of hydrogen-bond acceptors (Lipinski definition) is 4. The number of nitriles is 1. The lowest BCUT2D eigenvalue weighted by atomic mass is 9.75. The topological polar surface area (TPSA) is 96.3 Å².